The Balaban J connectivity index is 1.99. The lowest BCUT2D eigenvalue weighted by Crippen LogP contribution is -2.19. The van der Waals surface area contributed by atoms with Gasteiger partial charge in [-0.05, 0) is 36.6 Å². The van der Waals surface area contributed by atoms with E-state index in [2.05, 4.69) is 10.6 Å². The van der Waals surface area contributed by atoms with Crippen LogP contribution in [0.4, 0.5) is 11.4 Å². The fourth-order valence-corrected chi connectivity index (χ4v) is 2.33. The number of carbonyl (C=O) groups excluding carboxylic acids is 1. The van der Waals surface area contributed by atoms with Crippen LogP contribution in [0, 0.1) is 17.0 Å². The molecule has 1 amide bonds. The second-order valence-electron chi connectivity index (χ2n) is 5.16. The molecule has 6 heteroatoms. The van der Waals surface area contributed by atoms with Crippen molar-refractivity contribution in [1.82, 2.24) is 5.32 Å². The lowest BCUT2D eigenvalue weighted by molar-refractivity contribution is -0.384. The Labute approximate surface area is 134 Å². The summed E-state index contributed by atoms with van der Waals surface area (Å²) in [6, 6.07) is 12.1. The van der Waals surface area contributed by atoms with Crippen LogP contribution in [0.25, 0.3) is 0 Å². The molecule has 0 unspecified atom stereocenters. The number of non-ortho nitro benzene ring substituents is 1. The van der Waals surface area contributed by atoms with Gasteiger partial charge in [0.2, 0.25) is 0 Å². The zero-order valence-corrected chi connectivity index (χ0v) is 13.1. The average molecular weight is 313 g/mol. The van der Waals surface area contributed by atoms with Crippen LogP contribution in [0.5, 0.6) is 0 Å². The molecule has 0 radical (unpaired) electrons. The summed E-state index contributed by atoms with van der Waals surface area (Å²) in [5.74, 6) is -0.110. The van der Waals surface area contributed by atoms with Gasteiger partial charge in [0.1, 0.15) is 0 Å². The van der Waals surface area contributed by atoms with Crippen LogP contribution in [0.15, 0.2) is 42.5 Å². The van der Waals surface area contributed by atoms with E-state index in [0.29, 0.717) is 12.1 Å². The van der Waals surface area contributed by atoms with Crippen molar-refractivity contribution in [3.63, 3.8) is 0 Å². The topological polar surface area (TPSA) is 84.3 Å². The van der Waals surface area contributed by atoms with Crippen LogP contribution < -0.4 is 10.6 Å². The highest BCUT2D eigenvalue weighted by atomic mass is 16.6. The van der Waals surface area contributed by atoms with Crippen LogP contribution in [0.3, 0.4) is 0 Å². The first kappa shape index (κ1) is 16.5. The highest BCUT2D eigenvalue weighted by molar-refractivity contribution is 5.96. The van der Waals surface area contributed by atoms with Crippen molar-refractivity contribution in [3.8, 4) is 0 Å². The van der Waals surface area contributed by atoms with Gasteiger partial charge in [-0.1, -0.05) is 18.2 Å². The molecule has 0 fully saturated rings. The van der Waals surface area contributed by atoms with Crippen LogP contribution in [0.2, 0.25) is 0 Å². The van der Waals surface area contributed by atoms with E-state index in [1.165, 1.54) is 12.1 Å². The number of amides is 1. The number of nitrogens with one attached hydrogen (secondary N) is 2. The maximum absolute atomic E-state index is 11.8. The normalized spacial score (nSPS) is 10.2. The predicted molar refractivity (Wildman–Crippen MR) is 89.9 cm³/mol. The van der Waals surface area contributed by atoms with Crippen molar-refractivity contribution in [3.05, 3.63) is 69.3 Å². The minimum atomic E-state index is -0.407. The van der Waals surface area contributed by atoms with Gasteiger partial charge >= 0.3 is 0 Å². The van der Waals surface area contributed by atoms with E-state index < -0.39 is 4.92 Å². The molecule has 6 nitrogen and oxygen atoms in total. The number of anilines is 1. The summed E-state index contributed by atoms with van der Waals surface area (Å²) in [5.41, 5.74) is 3.57. The monoisotopic (exact) mass is 313 g/mol. The van der Waals surface area contributed by atoms with Gasteiger partial charge in [-0.3, -0.25) is 14.9 Å². The minimum absolute atomic E-state index is 0.0934. The zero-order valence-electron chi connectivity index (χ0n) is 13.1. The quantitative estimate of drug-likeness (QED) is 0.634. The third-order valence-electron chi connectivity index (χ3n) is 3.68. The molecule has 2 aromatic rings. The Kier molecular flexibility index (Phi) is 5.30. The Hall–Kier alpha value is -2.89. The summed E-state index contributed by atoms with van der Waals surface area (Å²) in [6.45, 7) is 2.58. The van der Waals surface area contributed by atoms with Gasteiger partial charge in [0, 0.05) is 37.0 Å². The SMILES string of the molecule is CNC(=O)c1cccc(NCCc2ccc([N+](=O)[O-])cc2)c1C. The maximum Gasteiger partial charge on any atom is 0.269 e. The van der Waals surface area contributed by atoms with E-state index in [1.807, 2.05) is 19.1 Å². The fourth-order valence-electron chi connectivity index (χ4n) is 2.33. The second-order valence-corrected chi connectivity index (χ2v) is 5.16. The molecule has 0 aromatic heterocycles. The molecule has 0 saturated carbocycles. The second kappa shape index (κ2) is 7.40. The molecule has 2 rings (SSSR count). The molecule has 0 aliphatic carbocycles. The summed E-state index contributed by atoms with van der Waals surface area (Å²) in [6.07, 6.45) is 0.738. The largest absolute Gasteiger partial charge is 0.384 e. The van der Waals surface area contributed by atoms with E-state index in [9.17, 15) is 14.9 Å². The number of carbonyl (C=O) groups is 1. The van der Waals surface area contributed by atoms with Crippen molar-refractivity contribution >= 4 is 17.3 Å². The first-order valence-electron chi connectivity index (χ1n) is 7.32. The predicted octanol–water partition coefficient (Wildman–Crippen LogP) is 2.92. The first-order valence-corrected chi connectivity index (χ1v) is 7.32. The Bertz CT molecular complexity index is 712. The number of rotatable bonds is 6. The number of hydrogen-bond donors (Lipinski definition) is 2. The molecule has 0 aliphatic heterocycles. The number of hydrogen-bond acceptors (Lipinski definition) is 4. The number of nitro benzene ring substituents is 1. The summed E-state index contributed by atoms with van der Waals surface area (Å²) in [4.78, 5) is 22.0. The molecular weight excluding hydrogens is 294 g/mol. The molecule has 0 spiro atoms. The molecule has 2 N–H and O–H groups in total. The highest BCUT2D eigenvalue weighted by Crippen LogP contribution is 2.19. The Morgan fingerprint density at radius 1 is 1.17 bits per heavy atom. The van der Waals surface area contributed by atoms with E-state index >= 15 is 0 Å². The lowest BCUT2D eigenvalue weighted by Gasteiger charge is -2.12. The number of nitro groups is 1. The van der Waals surface area contributed by atoms with Crippen molar-refractivity contribution in [1.29, 1.82) is 0 Å². The van der Waals surface area contributed by atoms with E-state index in [1.54, 1.807) is 25.2 Å². The fraction of sp³-hybridized carbons (Fsp3) is 0.235. The molecule has 0 heterocycles. The summed E-state index contributed by atoms with van der Waals surface area (Å²) in [7, 11) is 1.61. The molecule has 0 saturated heterocycles. The van der Waals surface area contributed by atoms with Gasteiger partial charge in [-0.15, -0.1) is 0 Å². The summed E-state index contributed by atoms with van der Waals surface area (Å²) in [5, 5.41) is 16.5. The van der Waals surface area contributed by atoms with E-state index in [0.717, 1.165) is 23.2 Å². The van der Waals surface area contributed by atoms with E-state index in [-0.39, 0.29) is 11.6 Å². The highest BCUT2D eigenvalue weighted by Gasteiger charge is 2.10. The van der Waals surface area contributed by atoms with Crippen molar-refractivity contribution in [2.75, 3.05) is 18.9 Å². The Morgan fingerprint density at radius 3 is 2.48 bits per heavy atom. The summed E-state index contributed by atoms with van der Waals surface area (Å²) < 4.78 is 0. The average Bonchev–Trinajstić information content (AvgIpc) is 2.56. The van der Waals surface area contributed by atoms with Gasteiger partial charge in [-0.25, -0.2) is 0 Å². The van der Waals surface area contributed by atoms with Crippen LogP contribution in [0.1, 0.15) is 21.5 Å². The zero-order chi connectivity index (χ0) is 16.8. The molecule has 23 heavy (non-hydrogen) atoms. The van der Waals surface area contributed by atoms with Gasteiger partial charge in [0.05, 0.1) is 4.92 Å². The third kappa shape index (κ3) is 4.06. The first-order chi connectivity index (χ1) is 11.0. The van der Waals surface area contributed by atoms with E-state index in [4.69, 9.17) is 0 Å². The molecular formula is C17H19N3O3. The van der Waals surface area contributed by atoms with Gasteiger partial charge in [0.15, 0.2) is 0 Å². The van der Waals surface area contributed by atoms with Crippen LogP contribution in [-0.2, 0) is 6.42 Å². The Morgan fingerprint density at radius 2 is 1.87 bits per heavy atom. The summed E-state index contributed by atoms with van der Waals surface area (Å²) >= 11 is 0. The van der Waals surface area contributed by atoms with Gasteiger partial charge in [-0.2, -0.15) is 0 Å². The maximum atomic E-state index is 11.8. The molecule has 0 bridgehead atoms. The number of nitrogens with zero attached hydrogens (tertiary/aromatic N) is 1. The van der Waals surface area contributed by atoms with Crippen molar-refractivity contribution in [2.45, 2.75) is 13.3 Å². The lowest BCUT2D eigenvalue weighted by atomic mass is 10.1. The van der Waals surface area contributed by atoms with Crippen LogP contribution >= 0.6 is 0 Å². The molecule has 0 aliphatic rings. The van der Waals surface area contributed by atoms with Crippen molar-refractivity contribution in [2.24, 2.45) is 0 Å². The molecule has 2 aromatic carbocycles. The van der Waals surface area contributed by atoms with Gasteiger partial charge < -0.3 is 10.6 Å². The molecule has 120 valence electrons. The van der Waals surface area contributed by atoms with Gasteiger partial charge in [0.25, 0.3) is 11.6 Å². The third-order valence-corrected chi connectivity index (χ3v) is 3.68. The standard InChI is InChI=1S/C17H19N3O3/c1-12-15(17(21)18-2)4-3-5-16(12)19-11-10-13-6-8-14(9-7-13)20(22)23/h3-9,19H,10-11H2,1-2H3,(H,18,21). The van der Waals surface area contributed by atoms with Crippen LogP contribution in [-0.4, -0.2) is 24.4 Å². The number of benzene rings is 2. The van der Waals surface area contributed by atoms with Crippen molar-refractivity contribution < 1.29 is 9.72 Å². The minimum Gasteiger partial charge on any atom is -0.384 e. The molecule has 0 atom stereocenters. The smallest absolute Gasteiger partial charge is 0.269 e.